The Morgan fingerprint density at radius 2 is 2.16 bits per heavy atom. The van der Waals surface area contributed by atoms with E-state index in [0.29, 0.717) is 22.3 Å². The third kappa shape index (κ3) is 3.05. The van der Waals surface area contributed by atoms with Gasteiger partial charge in [0.05, 0.1) is 15.6 Å². The number of halogens is 2. The molecule has 1 atom stereocenters. The number of nitrogens with one attached hydrogen (secondary N) is 1. The van der Waals surface area contributed by atoms with Gasteiger partial charge in [0.15, 0.2) is 5.82 Å². The van der Waals surface area contributed by atoms with Gasteiger partial charge in [0, 0.05) is 0 Å². The fourth-order valence-electron chi connectivity index (χ4n) is 1.50. The van der Waals surface area contributed by atoms with E-state index in [1.165, 1.54) is 0 Å². The van der Waals surface area contributed by atoms with Crippen molar-refractivity contribution in [1.29, 1.82) is 0 Å². The molecule has 1 N–H and O–H groups in total. The van der Waals surface area contributed by atoms with E-state index in [1.54, 1.807) is 32.0 Å². The molecule has 0 spiro atoms. The van der Waals surface area contributed by atoms with Gasteiger partial charge in [0.2, 0.25) is 5.89 Å². The number of hydrogen-bond acceptors (Lipinski definition) is 4. The first-order valence-electron chi connectivity index (χ1n) is 5.54. The van der Waals surface area contributed by atoms with Crippen LogP contribution in [0.2, 0.25) is 10.0 Å². The van der Waals surface area contributed by atoms with E-state index in [9.17, 15) is 4.79 Å². The summed E-state index contributed by atoms with van der Waals surface area (Å²) >= 11 is 11.8. The maximum atomic E-state index is 12.1. The summed E-state index contributed by atoms with van der Waals surface area (Å²) in [4.78, 5) is 16.1. The summed E-state index contributed by atoms with van der Waals surface area (Å²) in [6.07, 6.45) is 0. The largest absolute Gasteiger partial charge is 0.340 e. The van der Waals surface area contributed by atoms with Gasteiger partial charge in [0.1, 0.15) is 6.04 Å². The van der Waals surface area contributed by atoms with Gasteiger partial charge in [-0.15, -0.1) is 0 Å². The highest BCUT2D eigenvalue weighted by molar-refractivity contribution is 6.43. The zero-order valence-corrected chi connectivity index (χ0v) is 11.8. The topological polar surface area (TPSA) is 68.0 Å². The third-order valence-corrected chi connectivity index (χ3v) is 3.28. The highest BCUT2D eigenvalue weighted by atomic mass is 35.5. The minimum absolute atomic E-state index is 0.218. The van der Waals surface area contributed by atoms with Crippen molar-refractivity contribution >= 4 is 29.1 Å². The summed E-state index contributed by atoms with van der Waals surface area (Å²) in [5.74, 6) is 0.497. The van der Waals surface area contributed by atoms with Crippen molar-refractivity contribution in [2.75, 3.05) is 0 Å². The van der Waals surface area contributed by atoms with Crippen LogP contribution in [0.3, 0.4) is 0 Å². The Kier molecular flexibility index (Phi) is 4.07. The quantitative estimate of drug-likeness (QED) is 0.945. The van der Waals surface area contributed by atoms with Gasteiger partial charge in [-0.2, -0.15) is 4.98 Å². The van der Waals surface area contributed by atoms with Crippen LogP contribution in [0.5, 0.6) is 0 Å². The molecule has 1 aromatic carbocycles. The molecule has 1 heterocycles. The molecule has 0 aliphatic heterocycles. The SMILES string of the molecule is Cc1noc([C@H](C)NC(=O)c2cccc(Cl)c2Cl)n1. The summed E-state index contributed by atoms with van der Waals surface area (Å²) in [6.45, 7) is 3.44. The van der Waals surface area contributed by atoms with Gasteiger partial charge >= 0.3 is 0 Å². The van der Waals surface area contributed by atoms with Crippen LogP contribution in [0.15, 0.2) is 22.7 Å². The molecule has 7 heteroatoms. The molecule has 19 heavy (non-hydrogen) atoms. The van der Waals surface area contributed by atoms with Crippen LogP contribution in [0.4, 0.5) is 0 Å². The summed E-state index contributed by atoms with van der Waals surface area (Å²) in [6, 6.07) is 4.45. The number of amides is 1. The number of hydrogen-bond donors (Lipinski definition) is 1. The van der Waals surface area contributed by atoms with Gasteiger partial charge < -0.3 is 9.84 Å². The Labute approximate surface area is 119 Å². The average molecular weight is 300 g/mol. The van der Waals surface area contributed by atoms with Crippen molar-refractivity contribution in [3.63, 3.8) is 0 Å². The highest BCUT2D eigenvalue weighted by Crippen LogP contribution is 2.25. The Morgan fingerprint density at radius 3 is 2.79 bits per heavy atom. The first-order chi connectivity index (χ1) is 8.99. The van der Waals surface area contributed by atoms with Crippen molar-refractivity contribution in [2.24, 2.45) is 0 Å². The number of carbonyl (C=O) groups is 1. The number of rotatable bonds is 3. The smallest absolute Gasteiger partial charge is 0.253 e. The van der Waals surface area contributed by atoms with Crippen molar-refractivity contribution in [1.82, 2.24) is 15.5 Å². The van der Waals surface area contributed by atoms with E-state index < -0.39 is 6.04 Å². The Bertz CT molecular complexity index is 613. The van der Waals surface area contributed by atoms with Gasteiger partial charge in [0.25, 0.3) is 5.91 Å². The lowest BCUT2D eigenvalue weighted by Gasteiger charge is -2.11. The first kappa shape index (κ1) is 13.8. The maximum Gasteiger partial charge on any atom is 0.253 e. The fraction of sp³-hybridized carbons (Fsp3) is 0.250. The summed E-state index contributed by atoms with van der Waals surface area (Å²) in [7, 11) is 0. The van der Waals surface area contributed by atoms with Crippen LogP contribution >= 0.6 is 23.2 Å². The van der Waals surface area contributed by atoms with Crippen LogP contribution in [0.1, 0.15) is 35.0 Å². The Balaban J connectivity index is 2.15. The first-order valence-corrected chi connectivity index (χ1v) is 6.29. The zero-order valence-electron chi connectivity index (χ0n) is 10.3. The van der Waals surface area contributed by atoms with Gasteiger partial charge in [-0.25, -0.2) is 0 Å². The minimum Gasteiger partial charge on any atom is -0.340 e. The molecule has 2 rings (SSSR count). The van der Waals surface area contributed by atoms with Crippen molar-refractivity contribution in [3.05, 3.63) is 45.5 Å². The van der Waals surface area contributed by atoms with Gasteiger partial charge in [-0.05, 0) is 26.0 Å². The fourth-order valence-corrected chi connectivity index (χ4v) is 1.89. The molecule has 0 fully saturated rings. The number of benzene rings is 1. The van der Waals surface area contributed by atoms with Crippen LogP contribution in [-0.2, 0) is 0 Å². The molecule has 0 saturated heterocycles. The van der Waals surface area contributed by atoms with Crippen LogP contribution in [0, 0.1) is 6.92 Å². The van der Waals surface area contributed by atoms with Gasteiger partial charge in [-0.3, -0.25) is 4.79 Å². The summed E-state index contributed by atoms with van der Waals surface area (Å²) in [5.41, 5.74) is 0.303. The predicted molar refractivity (Wildman–Crippen MR) is 71.4 cm³/mol. The van der Waals surface area contributed by atoms with Crippen molar-refractivity contribution in [2.45, 2.75) is 19.9 Å². The second-order valence-electron chi connectivity index (χ2n) is 3.98. The molecule has 0 saturated carbocycles. The summed E-state index contributed by atoms with van der Waals surface area (Å²) < 4.78 is 4.98. The minimum atomic E-state index is -0.413. The molecule has 1 amide bonds. The number of aryl methyl sites for hydroxylation is 1. The van der Waals surface area contributed by atoms with E-state index in [4.69, 9.17) is 27.7 Å². The molecule has 2 aromatic rings. The van der Waals surface area contributed by atoms with Crippen LogP contribution in [0.25, 0.3) is 0 Å². The monoisotopic (exact) mass is 299 g/mol. The number of aromatic nitrogens is 2. The maximum absolute atomic E-state index is 12.1. The van der Waals surface area contributed by atoms with E-state index in [2.05, 4.69) is 15.5 Å². The second kappa shape index (κ2) is 5.59. The lowest BCUT2D eigenvalue weighted by Crippen LogP contribution is -2.27. The summed E-state index contributed by atoms with van der Waals surface area (Å²) in [5, 5.41) is 6.93. The van der Waals surface area contributed by atoms with E-state index in [1.807, 2.05) is 0 Å². The third-order valence-electron chi connectivity index (χ3n) is 2.46. The number of carbonyl (C=O) groups excluding carboxylic acids is 1. The second-order valence-corrected chi connectivity index (χ2v) is 4.76. The van der Waals surface area contributed by atoms with E-state index >= 15 is 0 Å². The standard InChI is InChI=1S/C12H11Cl2N3O2/c1-6(12-16-7(2)17-19-12)15-11(18)8-4-3-5-9(13)10(8)14/h3-6H,1-2H3,(H,15,18)/t6-/m0/s1. The Hall–Kier alpha value is -1.59. The normalized spacial score (nSPS) is 12.2. The highest BCUT2D eigenvalue weighted by Gasteiger charge is 2.18. The zero-order chi connectivity index (χ0) is 14.0. The predicted octanol–water partition coefficient (Wildman–Crippen LogP) is 3.18. The molecule has 0 aliphatic rings. The molecule has 0 bridgehead atoms. The molecular weight excluding hydrogens is 289 g/mol. The van der Waals surface area contributed by atoms with Crippen molar-refractivity contribution < 1.29 is 9.32 Å². The lowest BCUT2D eigenvalue weighted by molar-refractivity contribution is 0.0932. The molecule has 1 aromatic heterocycles. The Morgan fingerprint density at radius 1 is 1.42 bits per heavy atom. The average Bonchev–Trinajstić information content (AvgIpc) is 2.79. The molecular formula is C12H11Cl2N3O2. The van der Waals surface area contributed by atoms with Crippen molar-refractivity contribution in [3.8, 4) is 0 Å². The van der Waals surface area contributed by atoms with Gasteiger partial charge in [-0.1, -0.05) is 34.4 Å². The molecule has 5 nitrogen and oxygen atoms in total. The van der Waals surface area contributed by atoms with E-state index in [-0.39, 0.29) is 10.9 Å². The van der Waals surface area contributed by atoms with Crippen LogP contribution < -0.4 is 5.32 Å². The van der Waals surface area contributed by atoms with Crippen LogP contribution in [-0.4, -0.2) is 16.0 Å². The lowest BCUT2D eigenvalue weighted by atomic mass is 10.2. The molecule has 0 aliphatic carbocycles. The molecule has 0 radical (unpaired) electrons. The molecule has 0 unspecified atom stereocenters. The number of nitrogens with zero attached hydrogens (tertiary/aromatic N) is 2. The van der Waals surface area contributed by atoms with E-state index in [0.717, 1.165) is 0 Å². The molecule has 100 valence electrons.